The Morgan fingerprint density at radius 3 is 2.81 bits per heavy atom. The van der Waals surface area contributed by atoms with E-state index in [0.29, 0.717) is 16.1 Å². The molecule has 1 aromatic rings. The summed E-state index contributed by atoms with van der Waals surface area (Å²) in [6.45, 7) is 3.53. The summed E-state index contributed by atoms with van der Waals surface area (Å²) in [6.07, 6.45) is -0.200. The number of anilines is 1. The van der Waals surface area contributed by atoms with E-state index >= 15 is 0 Å². The molecule has 4 nitrogen and oxygen atoms in total. The molecule has 0 aromatic heterocycles. The maximum absolute atomic E-state index is 11.7. The van der Waals surface area contributed by atoms with Gasteiger partial charge in [0, 0.05) is 10.6 Å². The van der Waals surface area contributed by atoms with Crippen LogP contribution in [0.3, 0.4) is 0 Å². The quantitative estimate of drug-likeness (QED) is 0.377. The molecule has 1 rings (SSSR count). The highest BCUT2D eigenvalue weighted by atomic mass is 32.2. The van der Waals surface area contributed by atoms with Crippen molar-refractivity contribution in [1.82, 2.24) is 0 Å². The first-order chi connectivity index (χ1) is 7.54. The fraction of sp³-hybridized carbons (Fsp3) is 0.273. The van der Waals surface area contributed by atoms with Gasteiger partial charge in [0.05, 0.1) is 11.7 Å². The van der Waals surface area contributed by atoms with Crippen LogP contribution in [0.2, 0.25) is 0 Å². The summed E-state index contributed by atoms with van der Waals surface area (Å²) in [4.78, 5) is 12.3. The Labute approximate surface area is 98.4 Å². The van der Waals surface area contributed by atoms with Crippen molar-refractivity contribution < 1.29 is 9.53 Å². The predicted octanol–water partition coefficient (Wildman–Crippen LogP) is 2.41. The molecule has 0 bridgehead atoms. The van der Waals surface area contributed by atoms with E-state index in [9.17, 15) is 4.79 Å². The van der Waals surface area contributed by atoms with Gasteiger partial charge in [0.15, 0.2) is 0 Å². The topological polar surface area (TPSA) is 76.1 Å². The van der Waals surface area contributed by atoms with Crippen LogP contribution in [0.5, 0.6) is 0 Å². The number of thiocyanates is 1. The number of benzene rings is 1. The van der Waals surface area contributed by atoms with Gasteiger partial charge < -0.3 is 10.5 Å². The summed E-state index contributed by atoms with van der Waals surface area (Å²) in [5.41, 5.74) is 6.40. The largest absolute Gasteiger partial charge is 0.459 e. The number of hydrogen-bond donors (Lipinski definition) is 1. The van der Waals surface area contributed by atoms with Gasteiger partial charge in [-0.2, -0.15) is 5.26 Å². The Bertz CT molecular complexity index is 438. The zero-order chi connectivity index (χ0) is 12.1. The Morgan fingerprint density at radius 2 is 2.25 bits per heavy atom. The number of hydrogen-bond acceptors (Lipinski definition) is 5. The number of esters is 1. The monoisotopic (exact) mass is 236 g/mol. The molecule has 0 aliphatic carbocycles. The minimum atomic E-state index is -0.458. The van der Waals surface area contributed by atoms with E-state index in [1.165, 1.54) is 6.07 Å². The zero-order valence-corrected chi connectivity index (χ0v) is 9.88. The third kappa shape index (κ3) is 3.17. The van der Waals surface area contributed by atoms with Crippen LogP contribution in [0.15, 0.2) is 23.1 Å². The molecule has 0 fully saturated rings. The molecule has 0 spiro atoms. The molecule has 0 saturated carbocycles. The molecular formula is C11H12N2O2S. The second-order valence-corrected chi connectivity index (χ2v) is 4.23. The van der Waals surface area contributed by atoms with Crippen molar-refractivity contribution in [2.75, 3.05) is 5.73 Å². The van der Waals surface area contributed by atoms with Crippen molar-refractivity contribution in [1.29, 1.82) is 5.26 Å². The number of nitrogen functional groups attached to an aromatic ring is 1. The average Bonchev–Trinajstić information content (AvgIpc) is 2.20. The molecule has 0 amide bonds. The normalized spacial score (nSPS) is 9.88. The first kappa shape index (κ1) is 12.4. The van der Waals surface area contributed by atoms with E-state index in [1.54, 1.807) is 26.0 Å². The van der Waals surface area contributed by atoms with Crippen molar-refractivity contribution >= 4 is 23.4 Å². The van der Waals surface area contributed by atoms with Crippen LogP contribution in [0.25, 0.3) is 0 Å². The van der Waals surface area contributed by atoms with E-state index in [1.807, 2.05) is 5.40 Å². The third-order valence-corrected chi connectivity index (χ3v) is 2.39. The molecule has 5 heteroatoms. The maximum atomic E-state index is 11.7. The van der Waals surface area contributed by atoms with E-state index in [0.717, 1.165) is 11.8 Å². The predicted molar refractivity (Wildman–Crippen MR) is 62.9 cm³/mol. The maximum Gasteiger partial charge on any atom is 0.339 e. The van der Waals surface area contributed by atoms with Crippen molar-refractivity contribution in [2.45, 2.75) is 24.8 Å². The van der Waals surface area contributed by atoms with Crippen molar-refractivity contribution in [3.8, 4) is 5.40 Å². The number of carbonyl (C=O) groups excluding carboxylic acids is 1. The molecule has 84 valence electrons. The molecule has 0 aliphatic heterocycles. The number of nitrogens with zero attached hydrogens (tertiary/aromatic N) is 1. The van der Waals surface area contributed by atoms with Crippen LogP contribution in [-0.2, 0) is 4.74 Å². The number of ether oxygens (including phenoxy) is 1. The van der Waals surface area contributed by atoms with Crippen LogP contribution >= 0.6 is 11.8 Å². The van der Waals surface area contributed by atoms with E-state index < -0.39 is 5.97 Å². The van der Waals surface area contributed by atoms with Crippen molar-refractivity contribution in [3.05, 3.63) is 23.8 Å². The second-order valence-electron chi connectivity index (χ2n) is 3.40. The Hall–Kier alpha value is -1.67. The van der Waals surface area contributed by atoms with Gasteiger partial charge in [-0.25, -0.2) is 4.79 Å². The smallest absolute Gasteiger partial charge is 0.339 e. The summed E-state index contributed by atoms with van der Waals surface area (Å²) in [5, 5.41) is 10.5. The molecule has 0 heterocycles. The Kier molecular flexibility index (Phi) is 4.20. The molecule has 0 unspecified atom stereocenters. The summed E-state index contributed by atoms with van der Waals surface area (Å²) in [6, 6.07) is 4.80. The van der Waals surface area contributed by atoms with Gasteiger partial charge in [0.1, 0.15) is 5.40 Å². The fourth-order valence-electron chi connectivity index (χ4n) is 1.12. The highest BCUT2D eigenvalue weighted by Gasteiger charge is 2.15. The van der Waals surface area contributed by atoms with Gasteiger partial charge in [-0.1, -0.05) is 0 Å². The summed E-state index contributed by atoms with van der Waals surface area (Å²) >= 11 is 0.915. The molecular weight excluding hydrogens is 224 g/mol. The van der Waals surface area contributed by atoms with Crippen molar-refractivity contribution in [2.24, 2.45) is 0 Å². The first-order valence-electron chi connectivity index (χ1n) is 4.71. The van der Waals surface area contributed by atoms with E-state index in [-0.39, 0.29) is 6.10 Å². The van der Waals surface area contributed by atoms with Crippen LogP contribution in [0.1, 0.15) is 24.2 Å². The molecule has 16 heavy (non-hydrogen) atoms. The zero-order valence-electron chi connectivity index (χ0n) is 9.06. The lowest BCUT2D eigenvalue weighted by Gasteiger charge is -2.10. The lowest BCUT2D eigenvalue weighted by molar-refractivity contribution is 0.0374. The summed E-state index contributed by atoms with van der Waals surface area (Å²) in [5.74, 6) is -0.458. The molecule has 0 aliphatic rings. The highest BCUT2D eigenvalue weighted by molar-refractivity contribution is 8.03. The van der Waals surface area contributed by atoms with Gasteiger partial charge in [-0.3, -0.25) is 0 Å². The molecule has 0 radical (unpaired) electrons. The molecule has 0 atom stereocenters. The van der Waals surface area contributed by atoms with Gasteiger partial charge in [0.25, 0.3) is 0 Å². The Balaban J connectivity index is 3.05. The van der Waals surface area contributed by atoms with Crippen LogP contribution in [-0.4, -0.2) is 12.1 Å². The first-order valence-corrected chi connectivity index (χ1v) is 5.52. The fourth-order valence-corrected chi connectivity index (χ4v) is 1.61. The van der Waals surface area contributed by atoms with Gasteiger partial charge in [-0.05, 0) is 43.8 Å². The van der Waals surface area contributed by atoms with Gasteiger partial charge in [0.2, 0.25) is 0 Å². The number of nitrogens with two attached hydrogens (primary N) is 1. The standard InChI is InChI=1S/C11H12N2O2S/c1-7(2)15-11(14)9-5-8(13)3-4-10(9)16-6-12/h3-5,7H,13H2,1-2H3. The lowest BCUT2D eigenvalue weighted by atomic mass is 10.2. The van der Waals surface area contributed by atoms with Gasteiger partial charge >= 0.3 is 5.97 Å². The van der Waals surface area contributed by atoms with Crippen LogP contribution in [0, 0.1) is 10.7 Å². The van der Waals surface area contributed by atoms with Gasteiger partial charge in [-0.15, -0.1) is 0 Å². The number of carbonyl (C=O) groups is 1. The lowest BCUT2D eigenvalue weighted by Crippen LogP contribution is -2.12. The summed E-state index contributed by atoms with van der Waals surface area (Å²) < 4.78 is 5.06. The highest BCUT2D eigenvalue weighted by Crippen LogP contribution is 2.24. The average molecular weight is 236 g/mol. The third-order valence-electron chi connectivity index (χ3n) is 1.72. The SMILES string of the molecule is CC(C)OC(=O)c1cc(N)ccc1SC#N. The van der Waals surface area contributed by atoms with Crippen LogP contribution < -0.4 is 5.73 Å². The second kappa shape index (κ2) is 5.42. The van der Waals surface area contributed by atoms with Crippen molar-refractivity contribution in [3.63, 3.8) is 0 Å². The van der Waals surface area contributed by atoms with Crippen LogP contribution in [0.4, 0.5) is 5.69 Å². The minimum Gasteiger partial charge on any atom is -0.459 e. The van der Waals surface area contributed by atoms with E-state index in [2.05, 4.69) is 0 Å². The molecule has 2 N–H and O–H groups in total. The number of nitriles is 1. The Morgan fingerprint density at radius 1 is 1.56 bits per heavy atom. The van der Waals surface area contributed by atoms with E-state index in [4.69, 9.17) is 15.7 Å². The molecule has 0 saturated heterocycles. The molecule has 1 aromatic carbocycles. The number of thioether (sulfide) groups is 1. The number of rotatable bonds is 3. The summed E-state index contributed by atoms with van der Waals surface area (Å²) in [7, 11) is 0. The minimum absolute atomic E-state index is 0.200.